The third-order valence-electron chi connectivity index (χ3n) is 4.63. The van der Waals surface area contributed by atoms with Crippen LogP contribution in [0.3, 0.4) is 0 Å². The van der Waals surface area contributed by atoms with Crippen LogP contribution in [0.25, 0.3) is 10.9 Å². The zero-order chi connectivity index (χ0) is 20.8. The minimum absolute atomic E-state index is 0.196. The van der Waals surface area contributed by atoms with Crippen molar-refractivity contribution in [1.82, 2.24) is 10.3 Å². The van der Waals surface area contributed by atoms with E-state index in [4.69, 9.17) is 4.74 Å². The Morgan fingerprint density at radius 1 is 1.24 bits per heavy atom. The fourth-order valence-corrected chi connectivity index (χ4v) is 3.73. The van der Waals surface area contributed by atoms with Crippen LogP contribution >= 0.6 is 15.9 Å². The smallest absolute Gasteiger partial charge is 0.326 e. The largest absolute Gasteiger partial charge is 0.492 e. The standard InChI is InChI=1S/C22H23BrN2O4/c1-14-8-9-20(17(23)11-14)29-10-4-7-21(26)25-19(22(27)28)12-15-13-24-18-6-3-2-5-16(15)18/h2-3,5-6,8-9,11,13,19,24H,4,7,10,12H2,1H3,(H,25,26)(H,27,28). The Balaban J connectivity index is 1.50. The zero-order valence-corrected chi connectivity index (χ0v) is 17.7. The summed E-state index contributed by atoms with van der Waals surface area (Å²) in [6, 6.07) is 12.5. The highest BCUT2D eigenvalue weighted by atomic mass is 79.9. The second-order valence-corrected chi connectivity index (χ2v) is 7.76. The van der Waals surface area contributed by atoms with Gasteiger partial charge in [-0.2, -0.15) is 0 Å². The summed E-state index contributed by atoms with van der Waals surface area (Å²) >= 11 is 3.45. The minimum atomic E-state index is -1.05. The number of benzene rings is 2. The number of carbonyl (C=O) groups is 2. The molecule has 0 fully saturated rings. The zero-order valence-electron chi connectivity index (χ0n) is 16.1. The average molecular weight is 459 g/mol. The molecular weight excluding hydrogens is 436 g/mol. The summed E-state index contributed by atoms with van der Waals surface area (Å²) in [6.45, 7) is 2.36. The van der Waals surface area contributed by atoms with E-state index in [1.165, 1.54) is 0 Å². The monoisotopic (exact) mass is 458 g/mol. The van der Waals surface area contributed by atoms with E-state index in [1.54, 1.807) is 6.20 Å². The van der Waals surface area contributed by atoms with Gasteiger partial charge in [0, 0.05) is 29.9 Å². The van der Waals surface area contributed by atoms with Gasteiger partial charge in [0.05, 0.1) is 11.1 Å². The average Bonchev–Trinajstić information content (AvgIpc) is 3.09. The third kappa shape index (κ3) is 5.60. The second-order valence-electron chi connectivity index (χ2n) is 6.91. The van der Waals surface area contributed by atoms with Crippen LogP contribution in [0.2, 0.25) is 0 Å². The van der Waals surface area contributed by atoms with E-state index in [1.807, 2.05) is 49.4 Å². The molecule has 0 bridgehead atoms. The summed E-state index contributed by atoms with van der Waals surface area (Å²) in [5.74, 6) is -0.633. The number of para-hydroxylation sites is 1. The molecule has 0 spiro atoms. The van der Waals surface area contributed by atoms with Crippen LogP contribution in [0.1, 0.15) is 24.0 Å². The molecule has 0 aliphatic heterocycles. The lowest BCUT2D eigenvalue weighted by molar-refractivity contribution is -0.141. The lowest BCUT2D eigenvalue weighted by Gasteiger charge is -2.14. The maximum atomic E-state index is 12.2. The number of rotatable bonds is 9. The first-order valence-electron chi connectivity index (χ1n) is 9.40. The van der Waals surface area contributed by atoms with Crippen LogP contribution in [0, 0.1) is 6.92 Å². The van der Waals surface area contributed by atoms with Gasteiger partial charge in [0.25, 0.3) is 0 Å². The molecule has 1 aromatic heterocycles. The molecule has 1 heterocycles. The molecule has 0 radical (unpaired) electrons. The van der Waals surface area contributed by atoms with E-state index in [2.05, 4.69) is 26.2 Å². The molecule has 152 valence electrons. The van der Waals surface area contributed by atoms with Crippen molar-refractivity contribution in [3.63, 3.8) is 0 Å². The highest BCUT2D eigenvalue weighted by Crippen LogP contribution is 2.25. The number of aryl methyl sites for hydroxylation is 1. The van der Waals surface area contributed by atoms with E-state index in [0.717, 1.165) is 32.3 Å². The summed E-state index contributed by atoms with van der Waals surface area (Å²) in [5.41, 5.74) is 2.93. The molecule has 3 rings (SSSR count). The predicted octanol–water partition coefficient (Wildman–Crippen LogP) is 4.21. The number of amides is 1. The summed E-state index contributed by atoms with van der Waals surface area (Å²) < 4.78 is 6.55. The number of halogens is 1. The van der Waals surface area contributed by atoms with Crippen molar-refractivity contribution < 1.29 is 19.4 Å². The molecule has 0 aliphatic rings. The number of aliphatic carboxylic acids is 1. The number of carboxylic acids is 1. The number of hydrogen-bond acceptors (Lipinski definition) is 3. The molecule has 2 aromatic carbocycles. The fraction of sp³-hybridized carbons (Fsp3) is 0.273. The van der Waals surface area contributed by atoms with E-state index < -0.39 is 12.0 Å². The lowest BCUT2D eigenvalue weighted by atomic mass is 10.0. The molecular formula is C22H23BrN2O4. The molecule has 6 nitrogen and oxygen atoms in total. The number of aromatic nitrogens is 1. The van der Waals surface area contributed by atoms with Gasteiger partial charge in [-0.05, 0) is 58.6 Å². The van der Waals surface area contributed by atoms with Crippen LogP contribution in [-0.2, 0) is 16.0 Å². The van der Waals surface area contributed by atoms with Gasteiger partial charge in [-0.1, -0.05) is 24.3 Å². The predicted molar refractivity (Wildman–Crippen MR) is 115 cm³/mol. The van der Waals surface area contributed by atoms with Crippen LogP contribution in [0.5, 0.6) is 5.75 Å². The first kappa shape index (κ1) is 20.9. The lowest BCUT2D eigenvalue weighted by Crippen LogP contribution is -2.42. The van der Waals surface area contributed by atoms with Gasteiger partial charge in [-0.3, -0.25) is 4.79 Å². The van der Waals surface area contributed by atoms with Crippen LogP contribution in [0.15, 0.2) is 53.1 Å². The molecule has 1 atom stereocenters. The Kier molecular flexibility index (Phi) is 6.93. The van der Waals surface area contributed by atoms with Gasteiger partial charge in [-0.15, -0.1) is 0 Å². The molecule has 1 amide bonds. The molecule has 0 saturated heterocycles. The van der Waals surface area contributed by atoms with Crippen molar-refractivity contribution >= 4 is 38.7 Å². The van der Waals surface area contributed by atoms with Crippen LogP contribution in [-0.4, -0.2) is 34.6 Å². The number of carboxylic acid groups (broad SMARTS) is 1. The molecule has 29 heavy (non-hydrogen) atoms. The molecule has 0 aliphatic carbocycles. The number of aromatic amines is 1. The topological polar surface area (TPSA) is 91.4 Å². The number of H-pyrrole nitrogens is 1. The first-order valence-corrected chi connectivity index (χ1v) is 10.2. The van der Waals surface area contributed by atoms with E-state index in [9.17, 15) is 14.7 Å². The number of carbonyl (C=O) groups excluding carboxylic acids is 1. The first-order chi connectivity index (χ1) is 13.9. The van der Waals surface area contributed by atoms with Crippen molar-refractivity contribution in [2.75, 3.05) is 6.61 Å². The Morgan fingerprint density at radius 2 is 2.03 bits per heavy atom. The van der Waals surface area contributed by atoms with Gasteiger partial charge in [0.15, 0.2) is 0 Å². The summed E-state index contributed by atoms with van der Waals surface area (Å²) in [4.78, 5) is 27.0. The van der Waals surface area contributed by atoms with Crippen molar-refractivity contribution in [1.29, 1.82) is 0 Å². The van der Waals surface area contributed by atoms with E-state index in [-0.39, 0.29) is 18.7 Å². The highest BCUT2D eigenvalue weighted by molar-refractivity contribution is 9.10. The maximum absolute atomic E-state index is 12.2. The molecule has 3 aromatic rings. The van der Waals surface area contributed by atoms with Gasteiger partial charge in [-0.25, -0.2) is 4.79 Å². The molecule has 7 heteroatoms. The van der Waals surface area contributed by atoms with Crippen molar-refractivity contribution in [3.05, 3.63) is 64.3 Å². The summed E-state index contributed by atoms with van der Waals surface area (Å²) in [7, 11) is 0. The number of hydrogen-bond donors (Lipinski definition) is 3. The van der Waals surface area contributed by atoms with Crippen molar-refractivity contribution in [2.45, 2.75) is 32.2 Å². The number of nitrogens with one attached hydrogen (secondary N) is 2. The second kappa shape index (κ2) is 9.60. The Bertz CT molecular complexity index is 1010. The fourth-order valence-electron chi connectivity index (χ4n) is 3.12. The quantitative estimate of drug-likeness (QED) is 0.418. The van der Waals surface area contributed by atoms with Crippen LogP contribution in [0.4, 0.5) is 0 Å². The van der Waals surface area contributed by atoms with E-state index in [0.29, 0.717) is 13.0 Å². The normalized spacial score (nSPS) is 11.9. The molecule has 3 N–H and O–H groups in total. The molecule has 0 saturated carbocycles. The molecule has 1 unspecified atom stereocenters. The van der Waals surface area contributed by atoms with Crippen molar-refractivity contribution in [3.8, 4) is 5.75 Å². The highest BCUT2D eigenvalue weighted by Gasteiger charge is 2.21. The van der Waals surface area contributed by atoms with E-state index >= 15 is 0 Å². The summed E-state index contributed by atoms with van der Waals surface area (Å²) in [6.07, 6.45) is 2.70. The van der Waals surface area contributed by atoms with Gasteiger partial charge in [0.2, 0.25) is 5.91 Å². The SMILES string of the molecule is Cc1ccc(OCCCC(=O)NC(Cc2c[nH]c3ccccc23)C(=O)O)c(Br)c1. The number of fused-ring (bicyclic) bond motifs is 1. The Labute approximate surface area is 177 Å². The van der Waals surface area contributed by atoms with Crippen molar-refractivity contribution in [2.24, 2.45) is 0 Å². The van der Waals surface area contributed by atoms with Gasteiger partial charge in [0.1, 0.15) is 11.8 Å². The van der Waals surface area contributed by atoms with Crippen LogP contribution < -0.4 is 10.1 Å². The third-order valence-corrected chi connectivity index (χ3v) is 5.25. The maximum Gasteiger partial charge on any atom is 0.326 e. The van der Waals surface area contributed by atoms with Gasteiger partial charge >= 0.3 is 5.97 Å². The Morgan fingerprint density at radius 3 is 2.79 bits per heavy atom. The number of ether oxygens (including phenoxy) is 1. The Hall–Kier alpha value is -2.80. The van der Waals surface area contributed by atoms with Gasteiger partial charge < -0.3 is 20.1 Å². The minimum Gasteiger partial charge on any atom is -0.492 e. The summed E-state index contributed by atoms with van der Waals surface area (Å²) in [5, 5.41) is 13.1.